The van der Waals surface area contributed by atoms with Gasteiger partial charge in [0.05, 0.1) is 24.2 Å². The van der Waals surface area contributed by atoms with Crippen molar-refractivity contribution in [3.05, 3.63) is 34.6 Å². The third-order valence-electron chi connectivity index (χ3n) is 2.95. The van der Waals surface area contributed by atoms with E-state index in [2.05, 4.69) is 10.6 Å². The minimum absolute atomic E-state index is 0. The van der Waals surface area contributed by atoms with E-state index in [4.69, 9.17) is 16.3 Å². The first kappa shape index (κ1) is 17.2. The largest absolute Gasteiger partial charge is 0.379 e. The molecule has 1 amide bonds. The lowest BCUT2D eigenvalue weighted by atomic mass is 10.1. The van der Waals surface area contributed by atoms with E-state index in [0.29, 0.717) is 26.3 Å². The van der Waals surface area contributed by atoms with Gasteiger partial charge in [-0.2, -0.15) is 0 Å². The van der Waals surface area contributed by atoms with Crippen LogP contribution in [-0.4, -0.2) is 32.2 Å². The van der Waals surface area contributed by atoms with Gasteiger partial charge in [-0.1, -0.05) is 17.7 Å². The Kier molecular flexibility index (Phi) is 7.23. The van der Waals surface area contributed by atoms with Gasteiger partial charge in [0.15, 0.2) is 0 Å². The normalized spacial score (nSPS) is 18.8. The van der Waals surface area contributed by atoms with Gasteiger partial charge in [0.25, 0.3) is 0 Å². The highest BCUT2D eigenvalue weighted by Crippen LogP contribution is 2.15. The standard InChI is InChI=1S/C13H16ClFN2O2.ClH/c14-11-5-9(1-2-12(11)15)6-17-13(18)10-7-16-3-4-19-8-10;/h1-2,5,10,16H,3-4,6-8H2,(H,17,18);1H. The zero-order chi connectivity index (χ0) is 13.7. The Balaban J connectivity index is 0.00000200. The molecule has 1 aromatic rings. The summed E-state index contributed by atoms with van der Waals surface area (Å²) in [5.41, 5.74) is 0.766. The maximum absolute atomic E-state index is 13.0. The number of hydrogen-bond donors (Lipinski definition) is 2. The molecule has 1 aliphatic rings. The van der Waals surface area contributed by atoms with Crippen molar-refractivity contribution in [2.45, 2.75) is 6.54 Å². The highest BCUT2D eigenvalue weighted by Gasteiger charge is 2.20. The molecule has 112 valence electrons. The lowest BCUT2D eigenvalue weighted by Crippen LogP contribution is -2.37. The van der Waals surface area contributed by atoms with E-state index >= 15 is 0 Å². The Labute approximate surface area is 128 Å². The minimum atomic E-state index is -0.460. The summed E-state index contributed by atoms with van der Waals surface area (Å²) in [6, 6.07) is 4.41. The number of hydrogen-bond acceptors (Lipinski definition) is 3. The molecule has 4 nitrogen and oxygen atoms in total. The van der Waals surface area contributed by atoms with E-state index in [1.807, 2.05) is 0 Å². The van der Waals surface area contributed by atoms with Gasteiger partial charge in [0, 0.05) is 19.6 Å². The maximum Gasteiger partial charge on any atom is 0.226 e. The van der Waals surface area contributed by atoms with Gasteiger partial charge in [-0.3, -0.25) is 4.79 Å². The highest BCUT2D eigenvalue weighted by molar-refractivity contribution is 6.30. The molecule has 1 heterocycles. The van der Waals surface area contributed by atoms with Crippen LogP contribution in [0.5, 0.6) is 0 Å². The summed E-state index contributed by atoms with van der Waals surface area (Å²) in [6.45, 7) is 2.74. The molecule has 1 fully saturated rings. The van der Waals surface area contributed by atoms with Crippen LogP contribution >= 0.6 is 24.0 Å². The van der Waals surface area contributed by atoms with Gasteiger partial charge in [-0.05, 0) is 17.7 Å². The van der Waals surface area contributed by atoms with Gasteiger partial charge < -0.3 is 15.4 Å². The first-order valence-electron chi connectivity index (χ1n) is 6.17. The molecule has 0 aliphatic carbocycles. The first-order chi connectivity index (χ1) is 9.16. The lowest BCUT2D eigenvalue weighted by Gasteiger charge is -2.14. The minimum Gasteiger partial charge on any atom is -0.379 e. The van der Waals surface area contributed by atoms with E-state index in [-0.39, 0.29) is 29.3 Å². The molecule has 0 saturated carbocycles. The molecule has 0 spiro atoms. The van der Waals surface area contributed by atoms with E-state index in [1.54, 1.807) is 6.07 Å². The molecule has 1 saturated heterocycles. The molecule has 0 bridgehead atoms. The Morgan fingerprint density at radius 1 is 1.55 bits per heavy atom. The number of benzene rings is 1. The van der Waals surface area contributed by atoms with Crippen LogP contribution < -0.4 is 10.6 Å². The second kappa shape index (κ2) is 8.42. The fourth-order valence-electron chi connectivity index (χ4n) is 1.86. The third-order valence-corrected chi connectivity index (χ3v) is 3.24. The quantitative estimate of drug-likeness (QED) is 0.891. The van der Waals surface area contributed by atoms with Crippen LogP contribution in [0.25, 0.3) is 0 Å². The van der Waals surface area contributed by atoms with Crippen LogP contribution in [0.3, 0.4) is 0 Å². The van der Waals surface area contributed by atoms with Crippen molar-refractivity contribution in [3.8, 4) is 0 Å². The maximum atomic E-state index is 13.0. The molecule has 0 radical (unpaired) electrons. The molecule has 1 unspecified atom stereocenters. The molecule has 1 aromatic carbocycles. The van der Waals surface area contributed by atoms with E-state index in [0.717, 1.165) is 12.1 Å². The summed E-state index contributed by atoms with van der Waals surface area (Å²) >= 11 is 5.68. The van der Waals surface area contributed by atoms with Crippen LogP contribution in [0.2, 0.25) is 5.02 Å². The smallest absolute Gasteiger partial charge is 0.226 e. The zero-order valence-electron chi connectivity index (χ0n) is 10.8. The number of carbonyl (C=O) groups is 1. The molecule has 2 N–H and O–H groups in total. The second-order valence-corrected chi connectivity index (χ2v) is 4.85. The van der Waals surface area contributed by atoms with Gasteiger partial charge >= 0.3 is 0 Å². The molecule has 2 rings (SSSR count). The summed E-state index contributed by atoms with van der Waals surface area (Å²) in [5, 5.41) is 6.00. The van der Waals surface area contributed by atoms with E-state index < -0.39 is 5.82 Å². The number of rotatable bonds is 3. The zero-order valence-corrected chi connectivity index (χ0v) is 12.4. The Morgan fingerprint density at radius 3 is 3.10 bits per heavy atom. The van der Waals surface area contributed by atoms with Crippen LogP contribution in [-0.2, 0) is 16.1 Å². The number of halogens is 3. The second-order valence-electron chi connectivity index (χ2n) is 4.44. The average Bonchev–Trinajstić information content (AvgIpc) is 2.69. The SMILES string of the molecule is Cl.O=C(NCc1ccc(F)c(Cl)c1)C1CNCCOC1. The molecule has 20 heavy (non-hydrogen) atoms. The van der Waals surface area contributed by atoms with Gasteiger partial charge in [-0.15, -0.1) is 12.4 Å². The van der Waals surface area contributed by atoms with Crippen molar-refractivity contribution >= 4 is 29.9 Å². The van der Waals surface area contributed by atoms with Crippen molar-refractivity contribution in [2.75, 3.05) is 26.3 Å². The monoisotopic (exact) mass is 322 g/mol. The van der Waals surface area contributed by atoms with Crippen molar-refractivity contribution in [2.24, 2.45) is 5.92 Å². The number of carbonyl (C=O) groups excluding carboxylic acids is 1. The topological polar surface area (TPSA) is 50.4 Å². The number of ether oxygens (including phenoxy) is 1. The van der Waals surface area contributed by atoms with Gasteiger partial charge in [0.1, 0.15) is 5.82 Å². The fourth-order valence-corrected chi connectivity index (χ4v) is 2.06. The summed E-state index contributed by atoms with van der Waals surface area (Å²) in [4.78, 5) is 11.9. The van der Waals surface area contributed by atoms with Crippen molar-refractivity contribution in [1.29, 1.82) is 0 Å². The summed E-state index contributed by atoms with van der Waals surface area (Å²) in [6.07, 6.45) is 0. The highest BCUT2D eigenvalue weighted by atomic mass is 35.5. The summed E-state index contributed by atoms with van der Waals surface area (Å²) < 4.78 is 18.3. The first-order valence-corrected chi connectivity index (χ1v) is 6.54. The summed E-state index contributed by atoms with van der Waals surface area (Å²) in [5.74, 6) is -0.730. The lowest BCUT2D eigenvalue weighted by molar-refractivity contribution is -0.126. The Morgan fingerprint density at radius 2 is 2.35 bits per heavy atom. The molecular weight excluding hydrogens is 306 g/mol. The van der Waals surface area contributed by atoms with Crippen LogP contribution in [0, 0.1) is 11.7 Å². The van der Waals surface area contributed by atoms with Crippen LogP contribution in [0.1, 0.15) is 5.56 Å². The number of amides is 1. The summed E-state index contributed by atoms with van der Waals surface area (Å²) in [7, 11) is 0. The van der Waals surface area contributed by atoms with E-state index in [9.17, 15) is 9.18 Å². The van der Waals surface area contributed by atoms with Crippen molar-refractivity contribution < 1.29 is 13.9 Å². The van der Waals surface area contributed by atoms with Crippen molar-refractivity contribution in [1.82, 2.24) is 10.6 Å². The van der Waals surface area contributed by atoms with Crippen LogP contribution in [0.4, 0.5) is 4.39 Å². The van der Waals surface area contributed by atoms with Crippen molar-refractivity contribution in [3.63, 3.8) is 0 Å². The van der Waals surface area contributed by atoms with Gasteiger partial charge in [0.2, 0.25) is 5.91 Å². The number of nitrogens with one attached hydrogen (secondary N) is 2. The third kappa shape index (κ3) is 4.90. The van der Waals surface area contributed by atoms with E-state index in [1.165, 1.54) is 12.1 Å². The molecular formula is C13H17Cl2FN2O2. The molecule has 1 aliphatic heterocycles. The predicted molar refractivity (Wildman–Crippen MR) is 77.7 cm³/mol. The predicted octanol–water partition coefficient (Wildman–Crippen LogP) is 1.75. The average molecular weight is 323 g/mol. The fraction of sp³-hybridized carbons (Fsp3) is 0.462. The molecule has 0 aromatic heterocycles. The molecule has 7 heteroatoms. The Bertz CT molecular complexity index is 452. The van der Waals surface area contributed by atoms with Gasteiger partial charge in [-0.25, -0.2) is 4.39 Å². The van der Waals surface area contributed by atoms with Crippen LogP contribution in [0.15, 0.2) is 18.2 Å². The Hall–Kier alpha value is -0.880. The molecule has 1 atom stereocenters.